The highest BCUT2D eigenvalue weighted by Gasteiger charge is 2.31. The molecule has 9 nitrogen and oxygen atoms in total. The molecule has 1 N–H and O–H groups in total. The number of amides is 1. The SMILES string of the molecule is N#Cc1ccc(CN2CCC(NC(=O)c3cc4cc(O[C@@H]5CCN(Cc6ccc(-n7cccn7)cc6)C[C@H]5F)ccc4o3)CC2)cc1. The average molecular weight is 633 g/mol. The lowest BCUT2D eigenvalue weighted by Gasteiger charge is -2.34. The molecule has 2 aliphatic heterocycles. The number of rotatable bonds is 9. The minimum absolute atomic E-state index is 0.0700. The number of hydrogen-bond donors (Lipinski definition) is 1. The second kappa shape index (κ2) is 13.8. The van der Waals surface area contributed by atoms with Crippen LogP contribution in [0.15, 0.2) is 95.7 Å². The molecule has 0 unspecified atom stereocenters. The van der Waals surface area contributed by atoms with Crippen molar-refractivity contribution in [2.75, 3.05) is 26.2 Å². The second-order valence-corrected chi connectivity index (χ2v) is 12.5. The lowest BCUT2D eigenvalue weighted by atomic mass is 10.0. The van der Waals surface area contributed by atoms with E-state index in [0.717, 1.165) is 55.7 Å². The van der Waals surface area contributed by atoms with Gasteiger partial charge in [-0.1, -0.05) is 24.3 Å². The maximum atomic E-state index is 15.3. The Balaban J connectivity index is 0.884. The third kappa shape index (κ3) is 7.38. The smallest absolute Gasteiger partial charge is 0.287 e. The number of halogens is 1. The fraction of sp³-hybridized carbons (Fsp3) is 0.324. The first-order chi connectivity index (χ1) is 23.0. The molecule has 47 heavy (non-hydrogen) atoms. The molecule has 1 amide bonds. The van der Waals surface area contributed by atoms with Crippen molar-refractivity contribution in [3.63, 3.8) is 0 Å². The summed E-state index contributed by atoms with van der Waals surface area (Å²) >= 11 is 0. The summed E-state index contributed by atoms with van der Waals surface area (Å²) in [6.45, 7) is 4.29. The first kappa shape index (κ1) is 30.7. The lowest BCUT2D eigenvalue weighted by Crippen LogP contribution is -2.46. The fourth-order valence-electron chi connectivity index (χ4n) is 6.47. The zero-order valence-electron chi connectivity index (χ0n) is 26.1. The number of furan rings is 1. The topological polar surface area (TPSA) is 99.6 Å². The Morgan fingerprint density at radius 2 is 1.68 bits per heavy atom. The molecule has 240 valence electrons. The Bertz CT molecular complexity index is 1840. The number of ether oxygens (including phenoxy) is 1. The standard InChI is InChI=1S/C37H37FN6O3/c38-33-25-43(24-28-6-8-31(9-7-28)44-16-1-15-40-44)19-14-35(33)46-32-10-11-34-29(20-32)21-36(47-34)37(45)41-30-12-17-42(18-13-30)23-27-4-2-26(22-39)3-5-27/h1-11,15-16,20-21,30,33,35H,12-14,17-19,23-25H2,(H,41,45)/t33-,35-/m1/s1. The summed E-state index contributed by atoms with van der Waals surface area (Å²) in [7, 11) is 0. The molecule has 2 saturated heterocycles. The van der Waals surface area contributed by atoms with Gasteiger partial charge in [-0.3, -0.25) is 14.6 Å². The van der Waals surface area contributed by atoms with Gasteiger partial charge in [-0.15, -0.1) is 0 Å². The van der Waals surface area contributed by atoms with Gasteiger partial charge < -0.3 is 14.5 Å². The van der Waals surface area contributed by atoms with Crippen LogP contribution in [0.1, 0.15) is 46.5 Å². The Morgan fingerprint density at radius 3 is 2.38 bits per heavy atom. The van der Waals surface area contributed by atoms with E-state index in [-0.39, 0.29) is 17.7 Å². The van der Waals surface area contributed by atoms with Crippen LogP contribution in [0.5, 0.6) is 5.75 Å². The van der Waals surface area contributed by atoms with E-state index in [1.165, 1.54) is 5.56 Å². The molecule has 0 spiro atoms. The van der Waals surface area contributed by atoms with Crippen LogP contribution in [0.4, 0.5) is 4.39 Å². The number of hydrogen-bond acceptors (Lipinski definition) is 7. The van der Waals surface area contributed by atoms with Crippen molar-refractivity contribution < 1.29 is 18.3 Å². The van der Waals surface area contributed by atoms with Gasteiger partial charge in [0, 0.05) is 63.1 Å². The molecule has 0 radical (unpaired) electrons. The summed E-state index contributed by atoms with van der Waals surface area (Å²) in [5.41, 5.74) is 4.54. The van der Waals surface area contributed by atoms with Gasteiger partial charge in [0.2, 0.25) is 0 Å². The number of piperidine rings is 2. The quantitative estimate of drug-likeness (QED) is 0.217. The summed E-state index contributed by atoms with van der Waals surface area (Å²) in [5.74, 6) is 0.586. The Hall–Kier alpha value is -4.98. The van der Waals surface area contributed by atoms with Crippen molar-refractivity contribution in [2.45, 2.75) is 50.7 Å². The molecule has 0 bridgehead atoms. The van der Waals surface area contributed by atoms with Crippen molar-refractivity contribution in [1.29, 1.82) is 5.26 Å². The summed E-state index contributed by atoms with van der Waals surface area (Å²) in [6, 6.07) is 27.1. The molecule has 0 aliphatic carbocycles. The van der Waals surface area contributed by atoms with E-state index in [1.807, 2.05) is 59.4 Å². The number of alkyl halides is 1. The number of fused-ring (bicyclic) bond motifs is 1. The highest BCUT2D eigenvalue weighted by atomic mass is 19.1. The van der Waals surface area contributed by atoms with E-state index < -0.39 is 12.3 Å². The molecule has 3 aromatic carbocycles. The van der Waals surface area contributed by atoms with Gasteiger partial charge in [0.25, 0.3) is 5.91 Å². The number of benzene rings is 3. The molecule has 2 aromatic heterocycles. The number of likely N-dealkylation sites (tertiary alicyclic amines) is 2. The number of carbonyl (C=O) groups excluding carboxylic acids is 1. The van der Waals surface area contributed by atoms with E-state index >= 15 is 4.39 Å². The molecule has 4 heterocycles. The molecule has 0 saturated carbocycles. The number of carbonyl (C=O) groups is 1. The predicted octanol–water partition coefficient (Wildman–Crippen LogP) is 5.88. The predicted molar refractivity (Wildman–Crippen MR) is 176 cm³/mol. The third-order valence-electron chi connectivity index (χ3n) is 9.09. The van der Waals surface area contributed by atoms with Crippen LogP contribution in [0.3, 0.4) is 0 Å². The first-order valence-corrected chi connectivity index (χ1v) is 16.2. The van der Waals surface area contributed by atoms with Gasteiger partial charge in [-0.05, 0) is 85.0 Å². The van der Waals surface area contributed by atoms with Crippen molar-refractivity contribution in [2.24, 2.45) is 0 Å². The number of nitrogens with one attached hydrogen (secondary N) is 1. The fourth-order valence-corrected chi connectivity index (χ4v) is 6.47. The number of nitrogens with zero attached hydrogens (tertiary/aromatic N) is 5. The summed E-state index contributed by atoms with van der Waals surface area (Å²) in [4.78, 5) is 17.5. The van der Waals surface area contributed by atoms with Crippen LogP contribution in [0.25, 0.3) is 16.7 Å². The Morgan fingerprint density at radius 1 is 0.957 bits per heavy atom. The van der Waals surface area contributed by atoms with Gasteiger partial charge in [0.15, 0.2) is 5.76 Å². The largest absolute Gasteiger partial charge is 0.487 e. The molecule has 2 fully saturated rings. The van der Waals surface area contributed by atoms with Gasteiger partial charge in [0.1, 0.15) is 23.6 Å². The minimum atomic E-state index is -1.12. The van der Waals surface area contributed by atoms with E-state index in [1.54, 1.807) is 24.4 Å². The van der Waals surface area contributed by atoms with Crippen molar-refractivity contribution in [3.8, 4) is 17.5 Å². The first-order valence-electron chi connectivity index (χ1n) is 16.2. The Kier molecular flexibility index (Phi) is 9.00. The highest BCUT2D eigenvalue weighted by Crippen LogP contribution is 2.28. The van der Waals surface area contributed by atoms with Crippen LogP contribution in [0, 0.1) is 11.3 Å². The van der Waals surface area contributed by atoms with Crippen LogP contribution in [-0.2, 0) is 13.1 Å². The van der Waals surface area contributed by atoms with E-state index in [0.29, 0.717) is 36.4 Å². The number of nitriles is 1. The van der Waals surface area contributed by atoms with Crippen molar-refractivity contribution in [1.82, 2.24) is 24.9 Å². The van der Waals surface area contributed by atoms with Crippen molar-refractivity contribution in [3.05, 3.63) is 114 Å². The molecule has 2 atom stereocenters. The van der Waals surface area contributed by atoms with Crippen LogP contribution >= 0.6 is 0 Å². The highest BCUT2D eigenvalue weighted by molar-refractivity contribution is 5.96. The maximum Gasteiger partial charge on any atom is 0.287 e. The normalized spacial score (nSPS) is 19.4. The monoisotopic (exact) mass is 632 g/mol. The lowest BCUT2D eigenvalue weighted by molar-refractivity contribution is 0.0191. The zero-order valence-corrected chi connectivity index (χ0v) is 26.1. The molecule has 2 aliphatic rings. The van der Waals surface area contributed by atoms with Crippen LogP contribution < -0.4 is 10.1 Å². The zero-order chi connectivity index (χ0) is 32.2. The van der Waals surface area contributed by atoms with Gasteiger partial charge in [-0.25, -0.2) is 9.07 Å². The molecule has 7 rings (SSSR count). The van der Waals surface area contributed by atoms with E-state index in [2.05, 4.69) is 38.4 Å². The average Bonchev–Trinajstić information content (AvgIpc) is 3.79. The Labute approximate surface area is 273 Å². The molecule has 5 aromatic rings. The van der Waals surface area contributed by atoms with E-state index in [9.17, 15) is 4.79 Å². The molecular weight excluding hydrogens is 595 g/mol. The summed E-state index contributed by atoms with van der Waals surface area (Å²) < 4.78 is 29.1. The summed E-state index contributed by atoms with van der Waals surface area (Å²) in [5, 5.41) is 17.1. The molecule has 10 heteroatoms. The summed E-state index contributed by atoms with van der Waals surface area (Å²) in [6.07, 6.45) is 4.27. The second-order valence-electron chi connectivity index (χ2n) is 12.5. The van der Waals surface area contributed by atoms with Crippen LogP contribution in [-0.4, -0.2) is 70.0 Å². The van der Waals surface area contributed by atoms with Gasteiger partial charge in [-0.2, -0.15) is 10.4 Å². The maximum absolute atomic E-state index is 15.3. The van der Waals surface area contributed by atoms with Crippen molar-refractivity contribution >= 4 is 16.9 Å². The third-order valence-corrected chi connectivity index (χ3v) is 9.09. The number of aromatic nitrogens is 2. The van der Waals surface area contributed by atoms with Gasteiger partial charge >= 0.3 is 0 Å². The van der Waals surface area contributed by atoms with E-state index in [4.69, 9.17) is 14.4 Å². The minimum Gasteiger partial charge on any atom is -0.487 e. The van der Waals surface area contributed by atoms with Crippen LogP contribution in [0.2, 0.25) is 0 Å². The van der Waals surface area contributed by atoms with Gasteiger partial charge in [0.05, 0.1) is 17.3 Å². The molecular formula is C37H37FN6O3.